The predicted octanol–water partition coefficient (Wildman–Crippen LogP) is 4.74. The second-order valence-electron chi connectivity index (χ2n) is 8.31. The van der Waals surface area contributed by atoms with Gasteiger partial charge in [0.25, 0.3) is 0 Å². The molecule has 0 bridgehead atoms. The van der Waals surface area contributed by atoms with Crippen LogP contribution in [-0.4, -0.2) is 29.0 Å². The van der Waals surface area contributed by atoms with E-state index in [-0.39, 0.29) is 17.6 Å². The van der Waals surface area contributed by atoms with Gasteiger partial charge in [-0.25, -0.2) is 9.37 Å². The summed E-state index contributed by atoms with van der Waals surface area (Å²) in [5.74, 6) is 1.89. The average Bonchev–Trinajstić information content (AvgIpc) is 3.59. The second-order valence-corrected chi connectivity index (χ2v) is 8.31. The summed E-state index contributed by atoms with van der Waals surface area (Å²) in [6, 6.07) is 6.25. The Hall–Kier alpha value is -2.70. The molecule has 30 heavy (non-hydrogen) atoms. The van der Waals surface area contributed by atoms with Gasteiger partial charge in [-0.3, -0.25) is 4.79 Å². The zero-order valence-electron chi connectivity index (χ0n) is 17.3. The Labute approximate surface area is 177 Å². The molecule has 6 nitrogen and oxygen atoms in total. The number of hydrogen-bond donors (Lipinski definition) is 3. The van der Waals surface area contributed by atoms with Crippen molar-refractivity contribution < 1.29 is 9.18 Å². The van der Waals surface area contributed by atoms with Gasteiger partial charge in [-0.1, -0.05) is 25.3 Å². The molecular weight excluding hydrogens is 381 g/mol. The molecular formula is C23H30FN5O. The van der Waals surface area contributed by atoms with Crippen molar-refractivity contribution in [1.29, 1.82) is 0 Å². The van der Waals surface area contributed by atoms with Crippen LogP contribution >= 0.6 is 0 Å². The summed E-state index contributed by atoms with van der Waals surface area (Å²) in [5, 5.41) is 9.55. The third-order valence-corrected chi connectivity index (χ3v) is 5.84. The number of rotatable bonds is 9. The fourth-order valence-electron chi connectivity index (χ4n) is 4.00. The monoisotopic (exact) mass is 411 g/mol. The third kappa shape index (κ3) is 5.68. The van der Waals surface area contributed by atoms with E-state index in [1.165, 1.54) is 31.4 Å². The molecule has 1 amide bonds. The predicted molar refractivity (Wildman–Crippen MR) is 116 cm³/mol. The van der Waals surface area contributed by atoms with Gasteiger partial charge in [0.05, 0.1) is 0 Å². The lowest BCUT2D eigenvalue weighted by atomic mass is 9.89. The first kappa shape index (κ1) is 20.6. The molecule has 2 fully saturated rings. The number of aromatic nitrogens is 2. The fraction of sp³-hybridized carbons (Fsp3) is 0.522. The van der Waals surface area contributed by atoms with E-state index in [0.717, 1.165) is 50.0 Å². The van der Waals surface area contributed by atoms with Crippen molar-refractivity contribution in [2.24, 2.45) is 5.92 Å². The SMILES string of the molecule is O=C(NCCCNc1nc(Nc2cccc(F)c2)ncc1C1CC1)C1CCCCC1. The molecule has 160 valence electrons. The van der Waals surface area contributed by atoms with Gasteiger partial charge in [0.2, 0.25) is 11.9 Å². The second kappa shape index (κ2) is 9.87. The molecule has 0 aliphatic heterocycles. The largest absolute Gasteiger partial charge is 0.370 e. The Kier molecular flexibility index (Phi) is 6.77. The molecule has 2 aliphatic carbocycles. The third-order valence-electron chi connectivity index (χ3n) is 5.84. The summed E-state index contributed by atoms with van der Waals surface area (Å²) < 4.78 is 13.4. The number of carbonyl (C=O) groups is 1. The lowest BCUT2D eigenvalue weighted by Gasteiger charge is -2.20. The van der Waals surface area contributed by atoms with Crippen LogP contribution in [-0.2, 0) is 4.79 Å². The van der Waals surface area contributed by atoms with Crippen LogP contribution in [0.3, 0.4) is 0 Å². The number of carbonyl (C=O) groups excluding carboxylic acids is 1. The topological polar surface area (TPSA) is 78.9 Å². The summed E-state index contributed by atoms with van der Waals surface area (Å²) in [6.07, 6.45) is 10.7. The number of nitrogens with one attached hydrogen (secondary N) is 3. The Bertz CT molecular complexity index is 864. The lowest BCUT2D eigenvalue weighted by molar-refractivity contribution is -0.125. The van der Waals surface area contributed by atoms with Gasteiger partial charge in [-0.2, -0.15) is 4.98 Å². The standard InChI is InChI=1S/C23H30FN5O/c24-18-8-4-9-19(14-18)28-23-27-15-20(16-10-11-16)21(29-23)25-12-5-13-26-22(30)17-6-2-1-3-7-17/h4,8-9,14-17H,1-3,5-7,10-13H2,(H,26,30)(H2,25,27,28,29). The summed E-state index contributed by atoms with van der Waals surface area (Å²) >= 11 is 0. The van der Waals surface area contributed by atoms with E-state index < -0.39 is 0 Å². The van der Waals surface area contributed by atoms with Gasteiger partial charge in [-0.05, 0) is 56.2 Å². The first-order chi connectivity index (χ1) is 14.7. The minimum atomic E-state index is -0.303. The van der Waals surface area contributed by atoms with Gasteiger partial charge in [0, 0.05) is 36.5 Å². The van der Waals surface area contributed by atoms with Crippen LogP contribution in [0.4, 0.5) is 21.8 Å². The van der Waals surface area contributed by atoms with Crippen LogP contribution in [0, 0.1) is 11.7 Å². The van der Waals surface area contributed by atoms with Crippen molar-refractivity contribution in [1.82, 2.24) is 15.3 Å². The molecule has 1 aromatic heterocycles. The Morgan fingerprint density at radius 1 is 1.10 bits per heavy atom. The zero-order chi connectivity index (χ0) is 20.8. The maximum atomic E-state index is 13.4. The zero-order valence-corrected chi connectivity index (χ0v) is 17.3. The van der Waals surface area contributed by atoms with Crippen molar-refractivity contribution in [2.75, 3.05) is 23.7 Å². The van der Waals surface area contributed by atoms with E-state index in [1.807, 2.05) is 6.20 Å². The number of benzene rings is 1. The molecule has 1 aromatic carbocycles. The quantitative estimate of drug-likeness (QED) is 0.520. The van der Waals surface area contributed by atoms with Gasteiger partial charge >= 0.3 is 0 Å². The van der Waals surface area contributed by atoms with Gasteiger partial charge in [0.15, 0.2) is 0 Å². The first-order valence-corrected chi connectivity index (χ1v) is 11.1. The highest BCUT2D eigenvalue weighted by Gasteiger charge is 2.27. The van der Waals surface area contributed by atoms with Crippen LogP contribution in [0.25, 0.3) is 0 Å². The molecule has 0 unspecified atom stereocenters. The van der Waals surface area contributed by atoms with Gasteiger partial charge in [-0.15, -0.1) is 0 Å². The molecule has 2 saturated carbocycles. The van der Waals surface area contributed by atoms with Crippen LogP contribution in [0.2, 0.25) is 0 Å². The number of amides is 1. The molecule has 0 saturated heterocycles. The normalized spacial score (nSPS) is 16.8. The van der Waals surface area contributed by atoms with Crippen molar-refractivity contribution >= 4 is 23.4 Å². The summed E-state index contributed by atoms with van der Waals surface area (Å²) in [6.45, 7) is 1.39. The maximum absolute atomic E-state index is 13.4. The molecule has 1 heterocycles. The van der Waals surface area contributed by atoms with Crippen molar-refractivity contribution in [2.45, 2.75) is 57.3 Å². The van der Waals surface area contributed by atoms with E-state index >= 15 is 0 Å². The molecule has 2 aromatic rings. The Morgan fingerprint density at radius 3 is 2.70 bits per heavy atom. The summed E-state index contributed by atoms with van der Waals surface area (Å²) in [4.78, 5) is 21.3. The van der Waals surface area contributed by atoms with Gasteiger partial charge < -0.3 is 16.0 Å². The minimum absolute atomic E-state index is 0.200. The molecule has 0 radical (unpaired) electrons. The van der Waals surface area contributed by atoms with Crippen LogP contribution in [0.5, 0.6) is 0 Å². The number of nitrogens with zero attached hydrogens (tertiary/aromatic N) is 2. The molecule has 4 rings (SSSR count). The smallest absolute Gasteiger partial charge is 0.229 e. The van der Waals surface area contributed by atoms with E-state index in [2.05, 4.69) is 25.9 Å². The highest BCUT2D eigenvalue weighted by molar-refractivity contribution is 5.78. The van der Waals surface area contributed by atoms with Crippen LogP contribution in [0.15, 0.2) is 30.5 Å². The van der Waals surface area contributed by atoms with Crippen molar-refractivity contribution in [3.8, 4) is 0 Å². The van der Waals surface area contributed by atoms with E-state index in [0.29, 0.717) is 24.1 Å². The Balaban J connectivity index is 1.29. The summed E-state index contributed by atoms with van der Waals surface area (Å²) in [7, 11) is 0. The van der Waals surface area contributed by atoms with Crippen molar-refractivity contribution in [3.05, 3.63) is 41.8 Å². The molecule has 2 aliphatic rings. The highest BCUT2D eigenvalue weighted by Crippen LogP contribution is 2.42. The van der Waals surface area contributed by atoms with Gasteiger partial charge in [0.1, 0.15) is 11.6 Å². The number of hydrogen-bond acceptors (Lipinski definition) is 5. The van der Waals surface area contributed by atoms with E-state index in [4.69, 9.17) is 0 Å². The summed E-state index contributed by atoms with van der Waals surface area (Å²) in [5.41, 5.74) is 1.75. The molecule has 3 N–H and O–H groups in total. The number of halogens is 1. The molecule has 0 spiro atoms. The van der Waals surface area contributed by atoms with E-state index in [9.17, 15) is 9.18 Å². The maximum Gasteiger partial charge on any atom is 0.229 e. The first-order valence-electron chi connectivity index (χ1n) is 11.1. The lowest BCUT2D eigenvalue weighted by Crippen LogP contribution is -2.33. The molecule has 7 heteroatoms. The van der Waals surface area contributed by atoms with E-state index in [1.54, 1.807) is 12.1 Å². The van der Waals surface area contributed by atoms with Crippen LogP contribution in [0.1, 0.15) is 62.8 Å². The van der Waals surface area contributed by atoms with Crippen LogP contribution < -0.4 is 16.0 Å². The fourth-order valence-corrected chi connectivity index (χ4v) is 4.00. The highest BCUT2D eigenvalue weighted by atomic mass is 19.1. The number of anilines is 3. The molecule has 0 atom stereocenters. The average molecular weight is 412 g/mol. The Morgan fingerprint density at radius 2 is 1.93 bits per heavy atom. The minimum Gasteiger partial charge on any atom is -0.370 e. The van der Waals surface area contributed by atoms with Crippen molar-refractivity contribution in [3.63, 3.8) is 0 Å².